The van der Waals surface area contributed by atoms with Gasteiger partial charge in [-0.25, -0.2) is 4.98 Å². The molecule has 0 aliphatic rings. The molecule has 0 saturated heterocycles. The van der Waals surface area contributed by atoms with Crippen LogP contribution >= 0.6 is 11.3 Å². The van der Waals surface area contributed by atoms with Gasteiger partial charge in [-0.3, -0.25) is 4.79 Å². The molecule has 2 heterocycles. The van der Waals surface area contributed by atoms with Crippen LogP contribution < -0.4 is 11.1 Å². The van der Waals surface area contributed by atoms with Crippen LogP contribution in [0.15, 0.2) is 29.1 Å². The van der Waals surface area contributed by atoms with Gasteiger partial charge in [0.15, 0.2) is 0 Å². The zero-order valence-electron chi connectivity index (χ0n) is 9.43. The molecular formula is C12H13N3OS. The number of nitrogens with one attached hydrogen (secondary N) is 1. The first-order valence-electron chi connectivity index (χ1n) is 5.18. The Morgan fingerprint density at radius 3 is 2.82 bits per heavy atom. The molecule has 0 fully saturated rings. The summed E-state index contributed by atoms with van der Waals surface area (Å²) in [6, 6.07) is 3.42. The minimum Gasteiger partial charge on any atom is -0.366 e. The van der Waals surface area contributed by atoms with Gasteiger partial charge in [0.2, 0.25) is 5.91 Å². The summed E-state index contributed by atoms with van der Waals surface area (Å²) < 4.78 is 0. The van der Waals surface area contributed by atoms with E-state index in [1.807, 2.05) is 0 Å². The number of hydrogen-bond donors (Lipinski definition) is 2. The molecule has 0 radical (unpaired) electrons. The van der Waals surface area contributed by atoms with Gasteiger partial charge in [-0.05, 0) is 40.9 Å². The first-order valence-corrected chi connectivity index (χ1v) is 6.12. The highest BCUT2D eigenvalue weighted by Gasteiger charge is 2.02. The molecule has 2 rings (SSSR count). The monoisotopic (exact) mass is 247 g/mol. The van der Waals surface area contributed by atoms with Gasteiger partial charge in [-0.15, -0.1) is 0 Å². The standard InChI is InChI=1S/C12H13N3OS/c1-8-6-17-7-10(8)5-15-11-3-2-9(4-14-11)12(13)16/h2-4,6-7H,5H2,1H3,(H2,13,16)(H,14,15). The maximum Gasteiger partial charge on any atom is 0.250 e. The molecule has 2 aromatic heterocycles. The molecule has 0 aromatic carbocycles. The predicted molar refractivity (Wildman–Crippen MR) is 69.1 cm³/mol. The summed E-state index contributed by atoms with van der Waals surface area (Å²) in [4.78, 5) is 15.0. The summed E-state index contributed by atoms with van der Waals surface area (Å²) in [5, 5.41) is 7.42. The Balaban J connectivity index is 2.00. The lowest BCUT2D eigenvalue weighted by atomic mass is 10.2. The lowest BCUT2D eigenvalue weighted by Crippen LogP contribution is -2.11. The minimum absolute atomic E-state index is 0.419. The fourth-order valence-corrected chi connectivity index (χ4v) is 2.25. The van der Waals surface area contributed by atoms with Crippen LogP contribution in [0.1, 0.15) is 21.5 Å². The van der Waals surface area contributed by atoms with Gasteiger partial charge < -0.3 is 11.1 Å². The number of primary amides is 1. The second-order valence-electron chi connectivity index (χ2n) is 3.73. The molecule has 0 saturated carbocycles. The molecule has 2 aromatic rings. The smallest absolute Gasteiger partial charge is 0.250 e. The van der Waals surface area contributed by atoms with Gasteiger partial charge in [-0.2, -0.15) is 11.3 Å². The van der Waals surface area contributed by atoms with Crippen molar-refractivity contribution in [2.75, 3.05) is 5.32 Å². The quantitative estimate of drug-likeness (QED) is 0.870. The van der Waals surface area contributed by atoms with Crippen LogP contribution in [0, 0.1) is 6.92 Å². The van der Waals surface area contributed by atoms with Crippen LogP contribution in [0.5, 0.6) is 0 Å². The number of thiophene rings is 1. The number of aryl methyl sites for hydroxylation is 1. The SMILES string of the molecule is Cc1cscc1CNc1ccc(C(N)=O)cn1. The van der Waals surface area contributed by atoms with E-state index in [9.17, 15) is 4.79 Å². The highest BCUT2D eigenvalue weighted by molar-refractivity contribution is 7.08. The third-order valence-electron chi connectivity index (χ3n) is 2.47. The van der Waals surface area contributed by atoms with E-state index < -0.39 is 5.91 Å². The Morgan fingerprint density at radius 1 is 1.47 bits per heavy atom. The summed E-state index contributed by atoms with van der Waals surface area (Å²) in [5.41, 5.74) is 8.09. The van der Waals surface area contributed by atoms with Crippen molar-refractivity contribution >= 4 is 23.1 Å². The third-order valence-corrected chi connectivity index (χ3v) is 3.38. The lowest BCUT2D eigenvalue weighted by Gasteiger charge is -2.05. The fourth-order valence-electron chi connectivity index (χ4n) is 1.40. The zero-order chi connectivity index (χ0) is 12.3. The normalized spacial score (nSPS) is 10.2. The van der Waals surface area contributed by atoms with Gasteiger partial charge in [0.1, 0.15) is 5.82 Å². The number of aromatic nitrogens is 1. The second kappa shape index (κ2) is 4.97. The van der Waals surface area contributed by atoms with Gasteiger partial charge >= 0.3 is 0 Å². The average Bonchev–Trinajstić information content (AvgIpc) is 2.73. The van der Waals surface area contributed by atoms with E-state index in [-0.39, 0.29) is 0 Å². The molecular weight excluding hydrogens is 234 g/mol. The summed E-state index contributed by atoms with van der Waals surface area (Å²) >= 11 is 1.69. The summed E-state index contributed by atoms with van der Waals surface area (Å²) in [5.74, 6) is 0.276. The molecule has 88 valence electrons. The van der Waals surface area contributed by atoms with Crippen molar-refractivity contribution in [3.05, 3.63) is 45.8 Å². The molecule has 0 unspecified atom stereocenters. The number of carbonyl (C=O) groups is 1. The van der Waals surface area contributed by atoms with E-state index in [0.717, 1.165) is 12.4 Å². The van der Waals surface area contributed by atoms with Gasteiger partial charge in [-0.1, -0.05) is 0 Å². The number of nitrogens with two attached hydrogens (primary N) is 1. The highest BCUT2D eigenvalue weighted by Crippen LogP contribution is 2.15. The summed E-state index contributed by atoms with van der Waals surface area (Å²) in [6.45, 7) is 2.81. The number of nitrogens with zero attached hydrogens (tertiary/aromatic N) is 1. The van der Waals surface area contributed by atoms with E-state index in [2.05, 4.69) is 28.0 Å². The third kappa shape index (κ3) is 2.82. The number of pyridine rings is 1. The first-order chi connectivity index (χ1) is 8.16. The number of carbonyl (C=O) groups excluding carboxylic acids is 1. The second-order valence-corrected chi connectivity index (χ2v) is 4.47. The summed E-state index contributed by atoms with van der Waals surface area (Å²) in [7, 11) is 0. The van der Waals surface area contributed by atoms with E-state index in [1.54, 1.807) is 23.5 Å². The van der Waals surface area contributed by atoms with Crippen LogP contribution in [0.2, 0.25) is 0 Å². The largest absolute Gasteiger partial charge is 0.366 e. The molecule has 0 spiro atoms. The predicted octanol–water partition coefficient (Wildman–Crippen LogP) is 2.16. The maximum atomic E-state index is 10.9. The van der Waals surface area contributed by atoms with Crippen molar-refractivity contribution in [1.82, 2.24) is 4.98 Å². The number of amides is 1. The van der Waals surface area contributed by atoms with Gasteiger partial charge in [0.25, 0.3) is 0 Å². The van der Waals surface area contributed by atoms with Crippen LogP contribution in [-0.2, 0) is 6.54 Å². The van der Waals surface area contributed by atoms with E-state index in [4.69, 9.17) is 5.73 Å². The molecule has 0 atom stereocenters. The van der Waals surface area contributed by atoms with Crippen molar-refractivity contribution in [3.8, 4) is 0 Å². The Morgan fingerprint density at radius 2 is 2.29 bits per heavy atom. The molecule has 1 amide bonds. The molecule has 0 bridgehead atoms. The van der Waals surface area contributed by atoms with Crippen molar-refractivity contribution < 1.29 is 4.79 Å². The molecule has 0 aliphatic heterocycles. The molecule has 4 nitrogen and oxygen atoms in total. The lowest BCUT2D eigenvalue weighted by molar-refractivity contribution is 0.1000. The van der Waals surface area contributed by atoms with Crippen molar-refractivity contribution in [3.63, 3.8) is 0 Å². The van der Waals surface area contributed by atoms with Crippen LogP contribution in [0.25, 0.3) is 0 Å². The number of hydrogen-bond acceptors (Lipinski definition) is 4. The van der Waals surface area contributed by atoms with E-state index in [1.165, 1.54) is 17.3 Å². The van der Waals surface area contributed by atoms with Crippen LogP contribution in [0.4, 0.5) is 5.82 Å². The Labute approximate surface area is 103 Å². The van der Waals surface area contributed by atoms with Crippen LogP contribution in [0.3, 0.4) is 0 Å². The Bertz CT molecular complexity index is 519. The molecule has 5 heteroatoms. The van der Waals surface area contributed by atoms with Gasteiger partial charge in [0.05, 0.1) is 5.56 Å². The van der Waals surface area contributed by atoms with Crippen LogP contribution in [-0.4, -0.2) is 10.9 Å². The molecule has 0 aliphatic carbocycles. The van der Waals surface area contributed by atoms with Crippen molar-refractivity contribution in [2.24, 2.45) is 5.73 Å². The topological polar surface area (TPSA) is 68.0 Å². The van der Waals surface area contributed by atoms with Crippen molar-refractivity contribution in [2.45, 2.75) is 13.5 Å². The Kier molecular flexibility index (Phi) is 3.39. The number of anilines is 1. The fraction of sp³-hybridized carbons (Fsp3) is 0.167. The highest BCUT2D eigenvalue weighted by atomic mass is 32.1. The molecule has 3 N–H and O–H groups in total. The van der Waals surface area contributed by atoms with E-state index in [0.29, 0.717) is 5.56 Å². The van der Waals surface area contributed by atoms with E-state index >= 15 is 0 Å². The molecule has 17 heavy (non-hydrogen) atoms. The van der Waals surface area contributed by atoms with Crippen molar-refractivity contribution in [1.29, 1.82) is 0 Å². The maximum absolute atomic E-state index is 10.9. The summed E-state index contributed by atoms with van der Waals surface area (Å²) in [6.07, 6.45) is 1.48. The number of rotatable bonds is 4. The minimum atomic E-state index is -0.460. The van der Waals surface area contributed by atoms with Gasteiger partial charge in [0, 0.05) is 12.7 Å². The first kappa shape index (κ1) is 11.6. The zero-order valence-corrected chi connectivity index (χ0v) is 10.3. The average molecular weight is 247 g/mol. The Hall–Kier alpha value is -1.88.